The van der Waals surface area contributed by atoms with Gasteiger partial charge in [0.1, 0.15) is 24.2 Å². The first-order valence-electron chi connectivity index (χ1n) is 10.8. The SMILES string of the molecule is CC(C)[C@H](N)C(=O)N[C@H](C(=O)N[C@@H](CO)C(=O)N[C@@H](C)C(=O)N1CCC[C@H]1C(=O)O)[C@@H](C)O. The lowest BCUT2D eigenvalue weighted by atomic mass is 10.0. The van der Waals surface area contributed by atoms with Crippen LogP contribution in [0.5, 0.6) is 0 Å². The highest BCUT2D eigenvalue weighted by Gasteiger charge is 2.37. The molecule has 0 bridgehead atoms. The van der Waals surface area contributed by atoms with Gasteiger partial charge in [0, 0.05) is 6.54 Å². The van der Waals surface area contributed by atoms with Crippen LogP contribution in [0.3, 0.4) is 0 Å². The number of likely N-dealkylation sites (tertiary alicyclic amines) is 1. The Kier molecular flexibility index (Phi) is 10.7. The fourth-order valence-electron chi connectivity index (χ4n) is 3.32. The summed E-state index contributed by atoms with van der Waals surface area (Å²) in [5.41, 5.74) is 5.75. The van der Waals surface area contributed by atoms with Crippen molar-refractivity contribution in [2.75, 3.05) is 13.2 Å². The van der Waals surface area contributed by atoms with E-state index in [2.05, 4.69) is 16.0 Å². The maximum Gasteiger partial charge on any atom is 0.326 e. The average molecular weight is 474 g/mol. The normalized spacial score (nSPS) is 20.4. The average Bonchev–Trinajstić information content (AvgIpc) is 3.23. The Balaban J connectivity index is 2.79. The zero-order valence-corrected chi connectivity index (χ0v) is 19.3. The van der Waals surface area contributed by atoms with Gasteiger partial charge in [0.05, 0.1) is 18.8 Å². The molecular formula is C20H35N5O8. The number of aliphatic hydroxyl groups is 2. The van der Waals surface area contributed by atoms with E-state index < -0.39 is 72.5 Å². The molecule has 6 atom stereocenters. The molecule has 0 aromatic heterocycles. The van der Waals surface area contributed by atoms with Crippen LogP contribution >= 0.6 is 0 Å². The smallest absolute Gasteiger partial charge is 0.326 e. The number of carboxylic acid groups (broad SMARTS) is 1. The second kappa shape index (κ2) is 12.5. The Hall–Kier alpha value is -2.77. The van der Waals surface area contributed by atoms with Crippen LogP contribution in [0, 0.1) is 5.92 Å². The molecule has 8 N–H and O–H groups in total. The third kappa shape index (κ3) is 7.65. The van der Waals surface area contributed by atoms with Crippen LogP contribution in [-0.4, -0.2) is 99.3 Å². The first-order valence-corrected chi connectivity index (χ1v) is 10.8. The molecule has 0 aliphatic carbocycles. The van der Waals surface area contributed by atoms with E-state index in [0.29, 0.717) is 12.8 Å². The molecule has 1 rings (SSSR count). The van der Waals surface area contributed by atoms with E-state index in [0.717, 1.165) is 4.90 Å². The Bertz CT molecular complexity index is 744. The quantitative estimate of drug-likeness (QED) is 0.162. The lowest BCUT2D eigenvalue weighted by molar-refractivity contribution is -0.149. The summed E-state index contributed by atoms with van der Waals surface area (Å²) in [6.07, 6.45) is -0.505. The highest BCUT2D eigenvalue weighted by Crippen LogP contribution is 2.18. The second-order valence-electron chi connectivity index (χ2n) is 8.50. The molecule has 1 saturated heterocycles. The topological polar surface area (TPSA) is 211 Å². The van der Waals surface area contributed by atoms with Gasteiger partial charge in [-0.1, -0.05) is 13.8 Å². The molecule has 0 unspecified atom stereocenters. The van der Waals surface area contributed by atoms with Gasteiger partial charge < -0.3 is 41.9 Å². The van der Waals surface area contributed by atoms with Gasteiger partial charge in [-0.15, -0.1) is 0 Å². The number of rotatable bonds is 11. The molecule has 1 aliphatic rings. The van der Waals surface area contributed by atoms with Crippen LogP contribution in [0.4, 0.5) is 0 Å². The van der Waals surface area contributed by atoms with E-state index in [-0.39, 0.29) is 12.5 Å². The fourth-order valence-corrected chi connectivity index (χ4v) is 3.32. The summed E-state index contributed by atoms with van der Waals surface area (Å²) < 4.78 is 0. The van der Waals surface area contributed by atoms with Gasteiger partial charge in [-0.3, -0.25) is 19.2 Å². The predicted octanol–water partition coefficient (Wildman–Crippen LogP) is -3.11. The molecule has 0 radical (unpaired) electrons. The van der Waals surface area contributed by atoms with Gasteiger partial charge in [0.2, 0.25) is 23.6 Å². The minimum atomic E-state index is -1.49. The highest BCUT2D eigenvalue weighted by molar-refractivity contribution is 5.95. The number of aliphatic hydroxyl groups excluding tert-OH is 2. The number of carboxylic acids is 1. The minimum absolute atomic E-state index is 0.228. The van der Waals surface area contributed by atoms with E-state index in [1.54, 1.807) is 13.8 Å². The summed E-state index contributed by atoms with van der Waals surface area (Å²) in [6.45, 7) is 5.44. The van der Waals surface area contributed by atoms with Crippen LogP contribution in [0.15, 0.2) is 0 Å². The van der Waals surface area contributed by atoms with Crippen LogP contribution < -0.4 is 21.7 Å². The summed E-state index contributed by atoms with van der Waals surface area (Å²) in [5, 5.41) is 35.6. The number of hydrogen-bond acceptors (Lipinski definition) is 8. The Morgan fingerprint density at radius 3 is 2.09 bits per heavy atom. The first-order chi connectivity index (χ1) is 15.3. The molecule has 33 heavy (non-hydrogen) atoms. The number of nitrogens with one attached hydrogen (secondary N) is 3. The van der Waals surface area contributed by atoms with Crippen LogP contribution in [0.2, 0.25) is 0 Å². The summed E-state index contributed by atoms with van der Waals surface area (Å²) in [7, 11) is 0. The third-order valence-electron chi connectivity index (χ3n) is 5.45. The maximum atomic E-state index is 12.6. The van der Waals surface area contributed by atoms with Crippen LogP contribution in [0.1, 0.15) is 40.5 Å². The number of carbonyl (C=O) groups excluding carboxylic acids is 4. The van der Waals surface area contributed by atoms with E-state index in [9.17, 15) is 39.3 Å². The van der Waals surface area contributed by atoms with Crippen LogP contribution in [0.25, 0.3) is 0 Å². The number of hydrogen-bond donors (Lipinski definition) is 7. The molecule has 1 aliphatic heterocycles. The molecule has 13 nitrogen and oxygen atoms in total. The van der Waals surface area contributed by atoms with Gasteiger partial charge in [-0.25, -0.2) is 4.79 Å². The Morgan fingerprint density at radius 1 is 1.00 bits per heavy atom. The third-order valence-corrected chi connectivity index (χ3v) is 5.45. The standard InChI is InChI=1S/C20H35N5O8/c1-9(2)14(21)17(29)24-15(11(4)27)18(30)23-12(8-26)16(28)22-10(3)19(31)25-7-5-6-13(25)20(32)33/h9-15,26-27H,5-8,21H2,1-4H3,(H,22,28)(H,23,30)(H,24,29)(H,32,33)/t10-,11+,12-,13-,14-,15-/m0/s1. The van der Waals surface area contributed by atoms with Gasteiger partial charge in [0.15, 0.2) is 0 Å². The van der Waals surface area contributed by atoms with Crippen molar-refractivity contribution in [2.45, 2.75) is 76.8 Å². The van der Waals surface area contributed by atoms with Gasteiger partial charge in [0.25, 0.3) is 0 Å². The van der Waals surface area contributed by atoms with Crippen molar-refractivity contribution in [1.29, 1.82) is 0 Å². The molecule has 1 heterocycles. The molecule has 0 spiro atoms. The number of nitrogens with two attached hydrogens (primary N) is 1. The van der Waals surface area contributed by atoms with Crippen molar-refractivity contribution in [2.24, 2.45) is 11.7 Å². The van der Waals surface area contributed by atoms with Crippen molar-refractivity contribution in [1.82, 2.24) is 20.9 Å². The zero-order valence-electron chi connectivity index (χ0n) is 19.3. The van der Waals surface area contributed by atoms with Gasteiger partial charge >= 0.3 is 5.97 Å². The Labute approximate surface area is 192 Å². The van der Waals surface area contributed by atoms with Crippen molar-refractivity contribution in [3.63, 3.8) is 0 Å². The lowest BCUT2D eigenvalue weighted by Gasteiger charge is -2.28. The van der Waals surface area contributed by atoms with Crippen molar-refractivity contribution < 1.29 is 39.3 Å². The minimum Gasteiger partial charge on any atom is -0.480 e. The molecule has 0 saturated carbocycles. The number of carbonyl (C=O) groups is 5. The second-order valence-corrected chi connectivity index (χ2v) is 8.50. The predicted molar refractivity (Wildman–Crippen MR) is 115 cm³/mol. The molecule has 1 fully saturated rings. The number of nitrogens with zero attached hydrogens (tertiary/aromatic N) is 1. The van der Waals surface area contributed by atoms with Crippen molar-refractivity contribution >= 4 is 29.6 Å². The van der Waals surface area contributed by atoms with E-state index in [1.807, 2.05) is 0 Å². The molecule has 0 aromatic carbocycles. The van der Waals surface area contributed by atoms with E-state index in [1.165, 1.54) is 13.8 Å². The first kappa shape index (κ1) is 28.3. The molecule has 13 heteroatoms. The van der Waals surface area contributed by atoms with Gasteiger partial charge in [-0.2, -0.15) is 0 Å². The lowest BCUT2D eigenvalue weighted by Crippen LogP contribution is -2.61. The van der Waals surface area contributed by atoms with E-state index >= 15 is 0 Å². The molecule has 0 aromatic rings. The van der Waals surface area contributed by atoms with E-state index in [4.69, 9.17) is 5.73 Å². The van der Waals surface area contributed by atoms with Crippen molar-refractivity contribution in [3.05, 3.63) is 0 Å². The number of aliphatic carboxylic acids is 1. The molecular weight excluding hydrogens is 438 g/mol. The summed E-state index contributed by atoms with van der Waals surface area (Å²) in [6, 6.07) is -5.94. The zero-order chi connectivity index (χ0) is 25.5. The van der Waals surface area contributed by atoms with Crippen LogP contribution in [-0.2, 0) is 24.0 Å². The number of amides is 4. The fraction of sp³-hybridized carbons (Fsp3) is 0.750. The largest absolute Gasteiger partial charge is 0.480 e. The summed E-state index contributed by atoms with van der Waals surface area (Å²) in [4.78, 5) is 62.3. The molecule has 188 valence electrons. The Morgan fingerprint density at radius 2 is 1.61 bits per heavy atom. The highest BCUT2D eigenvalue weighted by atomic mass is 16.4. The van der Waals surface area contributed by atoms with Gasteiger partial charge in [-0.05, 0) is 32.6 Å². The van der Waals surface area contributed by atoms with Crippen molar-refractivity contribution in [3.8, 4) is 0 Å². The summed E-state index contributed by atoms with van der Waals surface area (Å²) in [5.74, 6) is -4.47. The maximum absolute atomic E-state index is 12.6. The molecule has 4 amide bonds. The summed E-state index contributed by atoms with van der Waals surface area (Å²) >= 11 is 0. The monoisotopic (exact) mass is 473 g/mol.